The second-order valence-electron chi connectivity index (χ2n) is 5.32. The van der Waals surface area contributed by atoms with Crippen LogP contribution in [0.5, 0.6) is 11.5 Å². The van der Waals surface area contributed by atoms with Crippen LogP contribution in [0.3, 0.4) is 0 Å². The Morgan fingerprint density at radius 3 is 2.08 bits per heavy atom. The summed E-state index contributed by atoms with van der Waals surface area (Å²) in [6.07, 6.45) is -0.460. The number of ether oxygens (including phenoxy) is 3. The van der Waals surface area contributed by atoms with E-state index in [0.717, 1.165) is 38.6 Å². The lowest BCUT2D eigenvalue weighted by molar-refractivity contribution is 0.142. The monoisotopic (exact) mass is 325 g/mol. The first-order valence-electron chi connectivity index (χ1n) is 7.59. The Kier molecular flexibility index (Phi) is 4.42. The van der Waals surface area contributed by atoms with Crippen molar-refractivity contribution in [2.45, 2.75) is 6.61 Å². The van der Waals surface area contributed by atoms with E-state index in [4.69, 9.17) is 14.2 Å². The zero-order valence-corrected chi connectivity index (χ0v) is 13.9. The van der Waals surface area contributed by atoms with E-state index in [9.17, 15) is 4.79 Å². The number of carbonyl (C=O) groups excluding carboxylic acids is 1. The van der Waals surface area contributed by atoms with E-state index in [1.807, 2.05) is 42.5 Å². The Labute approximate surface area is 140 Å². The summed E-state index contributed by atoms with van der Waals surface area (Å²) in [5.41, 5.74) is 0.877. The predicted octanol–water partition coefficient (Wildman–Crippen LogP) is 3.87. The number of benzene rings is 3. The zero-order valence-electron chi connectivity index (χ0n) is 13.9. The summed E-state index contributed by atoms with van der Waals surface area (Å²) in [7, 11) is 4.85. The number of amides is 1. The molecule has 1 amide bonds. The number of methoxy groups -OCH3 is 2. The summed E-state index contributed by atoms with van der Waals surface area (Å²) >= 11 is 0. The van der Waals surface area contributed by atoms with Gasteiger partial charge in [0.1, 0.15) is 18.1 Å². The molecule has 0 fully saturated rings. The molecule has 0 aromatic heterocycles. The lowest BCUT2D eigenvalue weighted by atomic mass is 9.99. The van der Waals surface area contributed by atoms with Gasteiger partial charge in [0.05, 0.1) is 14.2 Å². The number of hydrogen-bond acceptors (Lipinski definition) is 4. The Hall–Kier alpha value is -2.95. The number of nitrogens with one attached hydrogen (secondary N) is 1. The molecule has 3 aromatic carbocycles. The van der Waals surface area contributed by atoms with Gasteiger partial charge >= 0.3 is 6.09 Å². The summed E-state index contributed by atoms with van der Waals surface area (Å²) in [5.74, 6) is 1.59. The summed E-state index contributed by atoms with van der Waals surface area (Å²) in [6.45, 7) is 0.188. The van der Waals surface area contributed by atoms with Crippen LogP contribution in [0, 0.1) is 0 Å². The minimum Gasteiger partial charge on any atom is -0.495 e. The van der Waals surface area contributed by atoms with Gasteiger partial charge in [-0.1, -0.05) is 36.4 Å². The Morgan fingerprint density at radius 1 is 0.917 bits per heavy atom. The van der Waals surface area contributed by atoms with Gasteiger partial charge in [-0.25, -0.2) is 4.79 Å². The molecule has 0 radical (unpaired) electrons. The van der Waals surface area contributed by atoms with E-state index in [1.54, 1.807) is 14.2 Å². The maximum Gasteiger partial charge on any atom is 0.407 e. The zero-order chi connectivity index (χ0) is 17.1. The van der Waals surface area contributed by atoms with Crippen molar-refractivity contribution in [1.82, 2.24) is 5.32 Å². The number of fused-ring (bicyclic) bond motifs is 2. The van der Waals surface area contributed by atoms with Crippen LogP contribution >= 0.6 is 0 Å². The Bertz CT molecular complexity index is 905. The van der Waals surface area contributed by atoms with Crippen molar-refractivity contribution >= 4 is 27.6 Å². The second-order valence-corrected chi connectivity index (χ2v) is 5.32. The summed E-state index contributed by atoms with van der Waals surface area (Å²) in [5, 5.41) is 6.29. The molecule has 0 saturated heterocycles. The average Bonchev–Trinajstić information content (AvgIpc) is 2.63. The first-order valence-corrected chi connectivity index (χ1v) is 7.59. The molecule has 0 spiro atoms. The highest BCUT2D eigenvalue weighted by Gasteiger charge is 2.15. The molecule has 0 bridgehead atoms. The molecule has 124 valence electrons. The van der Waals surface area contributed by atoms with Crippen LogP contribution in [0.2, 0.25) is 0 Å². The van der Waals surface area contributed by atoms with E-state index in [2.05, 4.69) is 5.32 Å². The van der Waals surface area contributed by atoms with E-state index in [-0.39, 0.29) is 6.61 Å². The molecule has 0 saturated carbocycles. The van der Waals surface area contributed by atoms with Crippen molar-refractivity contribution < 1.29 is 19.0 Å². The third-order valence-electron chi connectivity index (χ3n) is 3.97. The highest BCUT2D eigenvalue weighted by molar-refractivity contribution is 6.11. The van der Waals surface area contributed by atoms with Gasteiger partial charge in [-0.2, -0.15) is 0 Å². The predicted molar refractivity (Wildman–Crippen MR) is 93.8 cm³/mol. The number of alkyl carbamates (subject to hydrolysis) is 1. The molecule has 0 aliphatic carbocycles. The molecule has 0 aliphatic rings. The van der Waals surface area contributed by atoms with Gasteiger partial charge in [-0.15, -0.1) is 0 Å². The molecule has 3 aromatic rings. The minimum absolute atomic E-state index is 0.188. The van der Waals surface area contributed by atoms with Crippen LogP contribution < -0.4 is 14.8 Å². The topological polar surface area (TPSA) is 56.8 Å². The van der Waals surface area contributed by atoms with Crippen molar-refractivity contribution in [2.24, 2.45) is 0 Å². The van der Waals surface area contributed by atoms with Crippen molar-refractivity contribution in [1.29, 1.82) is 0 Å². The first kappa shape index (κ1) is 15.9. The second kappa shape index (κ2) is 6.66. The fourth-order valence-corrected chi connectivity index (χ4v) is 2.90. The Morgan fingerprint density at radius 2 is 1.50 bits per heavy atom. The van der Waals surface area contributed by atoms with Crippen molar-refractivity contribution in [3.63, 3.8) is 0 Å². The van der Waals surface area contributed by atoms with Crippen LogP contribution in [0.25, 0.3) is 21.5 Å². The standard InChI is InChI=1S/C19H19NO4/c1-20-19(21)24-11-12-8-9-15-16(10-12)18(23-3)14-7-5-4-6-13(14)17(15)22-2/h4-10H,11H2,1-3H3,(H,20,21). The normalized spacial score (nSPS) is 10.6. The molecule has 24 heavy (non-hydrogen) atoms. The van der Waals surface area contributed by atoms with Gasteiger partial charge in [0.15, 0.2) is 0 Å². The Balaban J connectivity index is 2.21. The lowest BCUT2D eigenvalue weighted by Gasteiger charge is -2.15. The molecule has 1 N–H and O–H groups in total. The van der Waals surface area contributed by atoms with Gasteiger partial charge in [-0.3, -0.25) is 0 Å². The van der Waals surface area contributed by atoms with Gasteiger partial charge < -0.3 is 19.5 Å². The highest BCUT2D eigenvalue weighted by Crippen LogP contribution is 2.42. The number of carbonyl (C=O) groups is 1. The van der Waals surface area contributed by atoms with E-state index in [1.165, 1.54) is 7.05 Å². The lowest BCUT2D eigenvalue weighted by Crippen LogP contribution is -2.18. The van der Waals surface area contributed by atoms with Gasteiger partial charge in [0.2, 0.25) is 0 Å². The van der Waals surface area contributed by atoms with Gasteiger partial charge in [-0.05, 0) is 11.6 Å². The van der Waals surface area contributed by atoms with Crippen LogP contribution in [0.4, 0.5) is 4.79 Å². The van der Waals surface area contributed by atoms with Crippen molar-refractivity contribution in [3.8, 4) is 11.5 Å². The minimum atomic E-state index is -0.460. The average molecular weight is 325 g/mol. The molecular weight excluding hydrogens is 306 g/mol. The van der Waals surface area contributed by atoms with Gasteiger partial charge in [0.25, 0.3) is 0 Å². The third-order valence-corrected chi connectivity index (χ3v) is 3.97. The fourth-order valence-electron chi connectivity index (χ4n) is 2.90. The van der Waals surface area contributed by atoms with Crippen LogP contribution in [0.15, 0.2) is 42.5 Å². The van der Waals surface area contributed by atoms with Crippen molar-refractivity contribution in [2.75, 3.05) is 21.3 Å². The quantitative estimate of drug-likeness (QED) is 0.740. The molecule has 5 nitrogen and oxygen atoms in total. The molecule has 0 heterocycles. The summed E-state index contributed by atoms with van der Waals surface area (Å²) in [4.78, 5) is 11.3. The first-order chi connectivity index (χ1) is 11.7. The smallest absolute Gasteiger partial charge is 0.407 e. The molecule has 0 unspecified atom stereocenters. The number of hydrogen-bond donors (Lipinski definition) is 1. The number of rotatable bonds is 4. The van der Waals surface area contributed by atoms with Crippen LogP contribution in [0.1, 0.15) is 5.56 Å². The summed E-state index contributed by atoms with van der Waals surface area (Å²) < 4.78 is 16.4. The maximum atomic E-state index is 11.3. The van der Waals surface area contributed by atoms with E-state index >= 15 is 0 Å². The molecule has 3 rings (SSSR count). The SMILES string of the molecule is CNC(=O)OCc1ccc2c(OC)c3ccccc3c(OC)c2c1. The highest BCUT2D eigenvalue weighted by atomic mass is 16.5. The largest absolute Gasteiger partial charge is 0.495 e. The third kappa shape index (κ3) is 2.69. The molecule has 5 heteroatoms. The molecule has 0 aliphatic heterocycles. The molecule has 0 atom stereocenters. The fraction of sp³-hybridized carbons (Fsp3) is 0.211. The van der Waals surface area contributed by atoms with Crippen LogP contribution in [-0.4, -0.2) is 27.4 Å². The van der Waals surface area contributed by atoms with Crippen molar-refractivity contribution in [3.05, 3.63) is 48.0 Å². The maximum absolute atomic E-state index is 11.3. The van der Waals surface area contributed by atoms with Gasteiger partial charge in [0, 0.05) is 28.6 Å². The molecular formula is C19H19NO4. The van der Waals surface area contributed by atoms with E-state index in [0.29, 0.717) is 0 Å². The summed E-state index contributed by atoms with van der Waals surface area (Å²) in [6, 6.07) is 13.8. The van der Waals surface area contributed by atoms with Crippen LogP contribution in [-0.2, 0) is 11.3 Å². The van der Waals surface area contributed by atoms with E-state index < -0.39 is 6.09 Å².